The van der Waals surface area contributed by atoms with Crippen molar-refractivity contribution < 1.29 is 19.5 Å². The maximum atomic E-state index is 14.1. The highest BCUT2D eigenvalue weighted by Crippen LogP contribution is 2.43. The zero-order valence-electron chi connectivity index (χ0n) is 23.5. The lowest BCUT2D eigenvalue weighted by atomic mass is 9.77. The second-order valence-corrected chi connectivity index (χ2v) is 12.5. The van der Waals surface area contributed by atoms with Gasteiger partial charge >= 0.3 is 0 Å². The number of hydrogen-bond acceptors (Lipinski definition) is 6. The molecular formula is C31H38N4O4S. The van der Waals surface area contributed by atoms with Crippen LogP contribution in [0.15, 0.2) is 54.1 Å². The van der Waals surface area contributed by atoms with Crippen molar-refractivity contribution in [1.29, 1.82) is 0 Å². The van der Waals surface area contributed by atoms with Crippen molar-refractivity contribution >= 4 is 29.1 Å². The highest BCUT2D eigenvalue weighted by Gasteiger charge is 2.53. The number of hydrogen-bond donors (Lipinski definition) is 2. The fourth-order valence-corrected chi connectivity index (χ4v) is 7.00. The lowest BCUT2D eigenvalue weighted by Gasteiger charge is -2.36. The predicted octanol–water partition coefficient (Wildman–Crippen LogP) is 3.70. The van der Waals surface area contributed by atoms with Gasteiger partial charge in [0.1, 0.15) is 12.1 Å². The number of allylic oxidation sites excluding steroid dienone is 2. The molecule has 3 aliphatic rings. The molecule has 1 aromatic heterocycles. The summed E-state index contributed by atoms with van der Waals surface area (Å²) in [5, 5.41) is 13.5. The number of amides is 3. The zero-order chi connectivity index (χ0) is 28.6. The molecule has 0 radical (unpaired) electrons. The van der Waals surface area contributed by atoms with Gasteiger partial charge in [-0.2, -0.15) is 0 Å². The first-order valence-corrected chi connectivity index (χ1v) is 14.9. The first-order chi connectivity index (χ1) is 19.1. The summed E-state index contributed by atoms with van der Waals surface area (Å²) in [4.78, 5) is 49.6. The van der Waals surface area contributed by atoms with Gasteiger partial charge in [0.15, 0.2) is 0 Å². The number of β-amino-alcohol motifs (C(OH)–C–C–N with tert-alkyl or cyclic N) is 1. The summed E-state index contributed by atoms with van der Waals surface area (Å²) in [6, 6.07) is 6.50. The van der Waals surface area contributed by atoms with Crippen LogP contribution in [0.1, 0.15) is 44.9 Å². The molecule has 0 spiro atoms. The maximum absolute atomic E-state index is 14.1. The third kappa shape index (κ3) is 5.24. The van der Waals surface area contributed by atoms with Gasteiger partial charge in [0, 0.05) is 31.5 Å². The fourth-order valence-electron chi connectivity index (χ4n) is 6.19. The Labute approximate surface area is 239 Å². The molecule has 9 heteroatoms. The van der Waals surface area contributed by atoms with Crippen molar-refractivity contribution in [2.75, 3.05) is 13.1 Å². The molecule has 3 heterocycles. The molecule has 5 rings (SSSR count). The number of benzene rings is 1. The van der Waals surface area contributed by atoms with Crippen molar-refractivity contribution in [3.05, 3.63) is 65.3 Å². The Bertz CT molecular complexity index is 1340. The third-order valence-corrected chi connectivity index (χ3v) is 9.70. The van der Waals surface area contributed by atoms with E-state index in [4.69, 9.17) is 0 Å². The number of rotatable bonds is 8. The number of nitrogens with one attached hydrogen (secondary N) is 1. The molecule has 8 nitrogen and oxygen atoms in total. The number of fused-ring (bicyclic) bond motifs is 1. The molecule has 2 aromatic rings. The van der Waals surface area contributed by atoms with E-state index in [-0.39, 0.29) is 47.9 Å². The standard InChI is InChI=1S/C31H38N4O4S/c1-5-19(2)26(35-17-31(4)13-7-6-8-24(31)29(35)38)30(39)34-16-23(36)14-25(34)28(37)32-15-21-9-11-22(12-10-21)27-20(3)33-18-40-27/h6-13,18-19,23-26,36H,5,14-17H2,1-4H3,(H,32,37)/t19-,23+,24?,25-,26-,31?/m0/s1. The first kappa shape index (κ1) is 28.2. The van der Waals surface area contributed by atoms with Crippen molar-refractivity contribution in [2.45, 2.75) is 65.3 Å². The summed E-state index contributed by atoms with van der Waals surface area (Å²) in [5.41, 5.74) is 4.47. The molecule has 3 amide bonds. The Morgan fingerprint density at radius 3 is 2.65 bits per heavy atom. The van der Waals surface area contributed by atoms with Crippen LogP contribution in [0, 0.1) is 24.2 Å². The Morgan fingerprint density at radius 2 is 2.00 bits per heavy atom. The Balaban J connectivity index is 1.29. The van der Waals surface area contributed by atoms with E-state index in [1.165, 1.54) is 4.90 Å². The highest BCUT2D eigenvalue weighted by atomic mass is 32.1. The van der Waals surface area contributed by atoms with Gasteiger partial charge in [-0.15, -0.1) is 11.3 Å². The molecule has 2 fully saturated rings. The summed E-state index contributed by atoms with van der Waals surface area (Å²) in [6.45, 7) is 8.85. The molecule has 6 atom stereocenters. The van der Waals surface area contributed by atoms with Gasteiger partial charge in [-0.05, 0) is 24.0 Å². The van der Waals surface area contributed by atoms with Crippen LogP contribution in [-0.4, -0.2) is 68.9 Å². The van der Waals surface area contributed by atoms with E-state index in [1.54, 1.807) is 16.2 Å². The Kier molecular flexibility index (Phi) is 7.97. The minimum absolute atomic E-state index is 0.0560. The zero-order valence-corrected chi connectivity index (χ0v) is 24.4. The van der Waals surface area contributed by atoms with Crippen molar-refractivity contribution in [1.82, 2.24) is 20.1 Å². The van der Waals surface area contributed by atoms with Crippen molar-refractivity contribution in [2.24, 2.45) is 17.3 Å². The summed E-state index contributed by atoms with van der Waals surface area (Å²) < 4.78 is 0. The maximum Gasteiger partial charge on any atom is 0.246 e. The van der Waals surface area contributed by atoms with Crippen molar-refractivity contribution in [3.63, 3.8) is 0 Å². The van der Waals surface area contributed by atoms with Crippen LogP contribution in [0.4, 0.5) is 0 Å². The third-order valence-electron chi connectivity index (χ3n) is 8.73. The minimum atomic E-state index is -0.792. The average Bonchev–Trinajstić information content (AvgIpc) is 3.63. The van der Waals surface area contributed by atoms with E-state index in [1.807, 2.05) is 68.8 Å². The Hall–Kier alpha value is -3.30. The summed E-state index contributed by atoms with van der Waals surface area (Å²) in [7, 11) is 0. The second-order valence-electron chi connectivity index (χ2n) is 11.6. The molecule has 40 heavy (non-hydrogen) atoms. The van der Waals surface area contributed by atoms with E-state index in [9.17, 15) is 19.5 Å². The number of thiazole rings is 1. The number of carbonyl (C=O) groups is 3. The summed E-state index contributed by atoms with van der Waals surface area (Å²) in [6.07, 6.45) is 7.90. The molecule has 2 N–H and O–H groups in total. The van der Waals surface area contributed by atoms with Crippen LogP contribution >= 0.6 is 11.3 Å². The first-order valence-electron chi connectivity index (χ1n) is 14.0. The molecule has 2 unspecified atom stereocenters. The number of nitrogens with zero attached hydrogens (tertiary/aromatic N) is 3. The van der Waals surface area contributed by atoms with E-state index in [0.717, 1.165) is 21.7 Å². The van der Waals surface area contributed by atoms with Crippen LogP contribution in [0.25, 0.3) is 10.4 Å². The van der Waals surface area contributed by atoms with E-state index in [0.29, 0.717) is 19.5 Å². The van der Waals surface area contributed by atoms with Gasteiger partial charge in [-0.1, -0.05) is 75.8 Å². The van der Waals surface area contributed by atoms with Gasteiger partial charge < -0.3 is 20.2 Å². The molecule has 2 saturated heterocycles. The van der Waals surface area contributed by atoms with Gasteiger partial charge in [0.25, 0.3) is 0 Å². The number of aryl methyl sites for hydroxylation is 1. The molecule has 1 aliphatic carbocycles. The van der Waals surface area contributed by atoms with Crippen LogP contribution in [-0.2, 0) is 20.9 Å². The number of aliphatic hydroxyl groups excluding tert-OH is 1. The van der Waals surface area contributed by atoms with Gasteiger partial charge in [-0.3, -0.25) is 14.4 Å². The lowest BCUT2D eigenvalue weighted by Crippen LogP contribution is -2.56. The van der Waals surface area contributed by atoms with Gasteiger partial charge in [-0.25, -0.2) is 4.98 Å². The molecule has 0 bridgehead atoms. The highest BCUT2D eigenvalue weighted by molar-refractivity contribution is 7.13. The summed E-state index contributed by atoms with van der Waals surface area (Å²) in [5.74, 6) is -1.02. The predicted molar refractivity (Wildman–Crippen MR) is 155 cm³/mol. The molecule has 212 valence electrons. The molecular weight excluding hydrogens is 524 g/mol. The summed E-state index contributed by atoms with van der Waals surface area (Å²) >= 11 is 1.59. The van der Waals surface area contributed by atoms with Crippen LogP contribution < -0.4 is 5.32 Å². The van der Waals surface area contributed by atoms with E-state index in [2.05, 4.69) is 23.3 Å². The van der Waals surface area contributed by atoms with Crippen LogP contribution in [0.2, 0.25) is 0 Å². The van der Waals surface area contributed by atoms with Crippen LogP contribution in [0.3, 0.4) is 0 Å². The molecule has 1 aromatic carbocycles. The smallest absolute Gasteiger partial charge is 0.246 e. The quantitative estimate of drug-likeness (QED) is 0.511. The van der Waals surface area contributed by atoms with E-state index >= 15 is 0 Å². The number of aliphatic hydroxyl groups is 1. The normalized spacial score (nSPS) is 27.1. The lowest BCUT2D eigenvalue weighted by molar-refractivity contribution is -0.149. The largest absolute Gasteiger partial charge is 0.391 e. The number of aromatic nitrogens is 1. The average molecular weight is 563 g/mol. The van der Waals surface area contributed by atoms with Gasteiger partial charge in [0.2, 0.25) is 17.7 Å². The topological polar surface area (TPSA) is 103 Å². The van der Waals surface area contributed by atoms with Crippen molar-refractivity contribution in [3.8, 4) is 10.4 Å². The van der Waals surface area contributed by atoms with E-state index < -0.39 is 18.2 Å². The fraction of sp³-hybridized carbons (Fsp3) is 0.484. The SMILES string of the molecule is CC[C@H](C)[C@@H](C(=O)N1C[C@H](O)C[C@H]1C(=O)NCc1ccc(-c2scnc2C)cc1)N1CC2(C)C=CC=CC2C1=O. The number of carbonyl (C=O) groups excluding carboxylic acids is 3. The number of likely N-dealkylation sites (tertiary alicyclic amines) is 2. The molecule has 2 aliphatic heterocycles. The van der Waals surface area contributed by atoms with Crippen LogP contribution in [0.5, 0.6) is 0 Å². The monoisotopic (exact) mass is 562 g/mol. The second kappa shape index (κ2) is 11.3. The Morgan fingerprint density at radius 1 is 1.25 bits per heavy atom. The molecule has 0 saturated carbocycles. The minimum Gasteiger partial charge on any atom is -0.391 e. The van der Waals surface area contributed by atoms with Gasteiger partial charge in [0.05, 0.1) is 28.1 Å².